The third-order valence-electron chi connectivity index (χ3n) is 5.94. The average Bonchev–Trinajstić information content (AvgIpc) is 2.69. The van der Waals surface area contributed by atoms with E-state index in [1.807, 2.05) is 13.8 Å². The molecule has 0 aliphatic rings. The van der Waals surface area contributed by atoms with E-state index in [1.165, 1.54) is 32.3 Å². The van der Waals surface area contributed by atoms with E-state index in [1.54, 1.807) is 0 Å². The minimum atomic E-state index is 0.806. The summed E-state index contributed by atoms with van der Waals surface area (Å²) in [5.74, 6) is 1.61. The minimum Gasteiger partial charge on any atom is -0.233 e. The lowest BCUT2D eigenvalue weighted by Gasteiger charge is -2.17. The zero-order chi connectivity index (χ0) is 18.6. The number of benzene rings is 5. The number of aryl methyl sites for hydroxylation is 2. The molecule has 0 fully saturated rings. The zero-order valence-corrected chi connectivity index (χ0v) is 15.4. The Labute approximate surface area is 159 Å². The Hall–Kier alpha value is -3.66. The molecule has 130 valence electrons. The zero-order valence-electron chi connectivity index (χ0n) is 15.4. The molecule has 0 unspecified atom stereocenters. The monoisotopic (exact) mass is 358 g/mol. The lowest BCUT2D eigenvalue weighted by atomic mass is 9.88. The highest BCUT2D eigenvalue weighted by molar-refractivity contribution is 6.38. The van der Waals surface area contributed by atoms with Gasteiger partial charge < -0.3 is 0 Å². The van der Waals surface area contributed by atoms with Gasteiger partial charge in [-0.2, -0.15) is 0 Å². The van der Waals surface area contributed by atoms with Gasteiger partial charge in [0, 0.05) is 21.5 Å². The van der Waals surface area contributed by atoms with Gasteiger partial charge in [0.25, 0.3) is 0 Å². The number of fused-ring (bicyclic) bond motifs is 2. The molecule has 0 radical (unpaired) electrons. The topological polar surface area (TPSA) is 51.6 Å². The standard InChI is InChI=1S/C24H14N4/c1-11-25-17-7-3-13-15-5-9-19-24-20(28-12(2)27-19)10-6-16(22(15)24)14-4-8-18(26-11)23(17)21(13)14/h3-10H,1-2H3. The molecule has 0 atom stereocenters. The summed E-state index contributed by atoms with van der Waals surface area (Å²) in [6, 6.07) is 17.3. The lowest BCUT2D eigenvalue weighted by molar-refractivity contribution is 1.12. The van der Waals surface area contributed by atoms with Crippen LogP contribution in [0.15, 0.2) is 48.5 Å². The summed E-state index contributed by atoms with van der Waals surface area (Å²) in [5.41, 5.74) is 4.03. The molecule has 0 spiro atoms. The van der Waals surface area contributed by atoms with Crippen LogP contribution in [0.3, 0.4) is 0 Å². The van der Waals surface area contributed by atoms with Crippen LogP contribution in [0.5, 0.6) is 0 Å². The third-order valence-corrected chi connectivity index (χ3v) is 5.94. The molecule has 0 saturated carbocycles. The van der Waals surface area contributed by atoms with E-state index in [4.69, 9.17) is 0 Å². The number of hydrogen-bond donors (Lipinski definition) is 0. The van der Waals surface area contributed by atoms with Gasteiger partial charge >= 0.3 is 0 Å². The number of hydrogen-bond acceptors (Lipinski definition) is 4. The molecule has 5 aromatic carbocycles. The first kappa shape index (κ1) is 14.4. The van der Waals surface area contributed by atoms with Crippen molar-refractivity contribution in [3.8, 4) is 0 Å². The molecule has 7 rings (SSSR count). The van der Waals surface area contributed by atoms with E-state index in [2.05, 4.69) is 68.5 Å². The fourth-order valence-corrected chi connectivity index (χ4v) is 4.94. The van der Waals surface area contributed by atoms with Gasteiger partial charge in [-0.05, 0) is 59.7 Å². The summed E-state index contributed by atoms with van der Waals surface area (Å²) in [5, 5.41) is 9.75. The van der Waals surface area contributed by atoms with Crippen molar-refractivity contribution in [1.82, 2.24) is 19.9 Å². The first-order valence-electron chi connectivity index (χ1n) is 9.43. The summed E-state index contributed by atoms with van der Waals surface area (Å²) in [6.07, 6.45) is 0. The van der Waals surface area contributed by atoms with Crippen LogP contribution in [-0.2, 0) is 0 Å². The highest BCUT2D eigenvalue weighted by atomic mass is 14.9. The van der Waals surface area contributed by atoms with Gasteiger partial charge in [0.05, 0.1) is 22.1 Å². The Balaban J connectivity index is 1.87. The number of nitrogens with zero attached hydrogens (tertiary/aromatic N) is 4. The highest BCUT2D eigenvalue weighted by Gasteiger charge is 2.18. The molecule has 0 bridgehead atoms. The fraction of sp³-hybridized carbons (Fsp3) is 0.0833. The molecule has 0 saturated heterocycles. The van der Waals surface area contributed by atoms with E-state index < -0.39 is 0 Å². The lowest BCUT2D eigenvalue weighted by Crippen LogP contribution is -1.96. The van der Waals surface area contributed by atoms with Crippen LogP contribution in [0.2, 0.25) is 0 Å². The largest absolute Gasteiger partial charge is 0.233 e. The van der Waals surface area contributed by atoms with Crippen molar-refractivity contribution in [1.29, 1.82) is 0 Å². The quantitative estimate of drug-likeness (QED) is 0.259. The SMILES string of the molecule is Cc1nc2ccc3c4ccc5nc(C)nc6ccc(c7ccc(n1)c2c37)c4c56. The van der Waals surface area contributed by atoms with Gasteiger partial charge in [-0.15, -0.1) is 0 Å². The second-order valence-electron chi connectivity index (χ2n) is 7.57. The second-order valence-corrected chi connectivity index (χ2v) is 7.57. The molecule has 0 aliphatic heterocycles. The molecule has 4 nitrogen and oxygen atoms in total. The van der Waals surface area contributed by atoms with Crippen molar-refractivity contribution in [2.75, 3.05) is 0 Å². The summed E-state index contributed by atoms with van der Waals surface area (Å²) in [4.78, 5) is 18.7. The van der Waals surface area contributed by atoms with Crippen molar-refractivity contribution in [2.45, 2.75) is 13.8 Å². The van der Waals surface area contributed by atoms with Gasteiger partial charge in [0.2, 0.25) is 0 Å². The van der Waals surface area contributed by atoms with Crippen molar-refractivity contribution >= 4 is 65.2 Å². The Morgan fingerprint density at radius 3 is 0.964 bits per heavy atom. The average molecular weight is 358 g/mol. The van der Waals surface area contributed by atoms with Crippen LogP contribution in [0, 0.1) is 13.8 Å². The molecule has 2 heterocycles. The van der Waals surface area contributed by atoms with E-state index in [0.717, 1.165) is 44.5 Å². The second kappa shape index (κ2) is 4.60. The van der Waals surface area contributed by atoms with E-state index in [-0.39, 0.29) is 0 Å². The molecular weight excluding hydrogens is 344 g/mol. The maximum atomic E-state index is 4.69. The highest BCUT2D eigenvalue weighted by Crippen LogP contribution is 2.44. The predicted octanol–water partition coefficient (Wildman–Crippen LogP) is 5.68. The van der Waals surface area contributed by atoms with Gasteiger partial charge in [0.15, 0.2) is 0 Å². The predicted molar refractivity (Wildman–Crippen MR) is 115 cm³/mol. The van der Waals surface area contributed by atoms with Gasteiger partial charge in [-0.3, -0.25) is 0 Å². The van der Waals surface area contributed by atoms with E-state index >= 15 is 0 Å². The van der Waals surface area contributed by atoms with Crippen molar-refractivity contribution in [2.24, 2.45) is 0 Å². The summed E-state index contributed by atoms with van der Waals surface area (Å²) < 4.78 is 0. The molecule has 2 aromatic heterocycles. The first-order chi connectivity index (χ1) is 13.7. The normalized spacial score (nSPS) is 12.6. The number of rotatable bonds is 0. The maximum Gasteiger partial charge on any atom is 0.126 e. The molecule has 0 N–H and O–H groups in total. The van der Waals surface area contributed by atoms with Crippen molar-refractivity contribution < 1.29 is 0 Å². The molecule has 28 heavy (non-hydrogen) atoms. The van der Waals surface area contributed by atoms with Crippen molar-refractivity contribution in [3.05, 3.63) is 60.2 Å². The van der Waals surface area contributed by atoms with Gasteiger partial charge in [-0.1, -0.05) is 24.3 Å². The van der Waals surface area contributed by atoms with Gasteiger partial charge in [0.1, 0.15) is 11.6 Å². The Morgan fingerprint density at radius 1 is 0.393 bits per heavy atom. The molecular formula is C24H14N4. The van der Waals surface area contributed by atoms with Crippen LogP contribution < -0.4 is 0 Å². The van der Waals surface area contributed by atoms with E-state index in [9.17, 15) is 0 Å². The summed E-state index contributed by atoms with van der Waals surface area (Å²) in [6.45, 7) is 3.90. The Morgan fingerprint density at radius 2 is 0.679 bits per heavy atom. The van der Waals surface area contributed by atoms with Crippen molar-refractivity contribution in [3.63, 3.8) is 0 Å². The van der Waals surface area contributed by atoms with Gasteiger partial charge in [-0.25, -0.2) is 19.9 Å². The molecule has 7 aromatic rings. The fourth-order valence-electron chi connectivity index (χ4n) is 4.94. The third kappa shape index (κ3) is 1.58. The van der Waals surface area contributed by atoms with Crippen LogP contribution in [0.1, 0.15) is 11.6 Å². The summed E-state index contributed by atoms with van der Waals surface area (Å²) >= 11 is 0. The van der Waals surface area contributed by atoms with Crippen LogP contribution >= 0.6 is 0 Å². The maximum absolute atomic E-state index is 4.69. The summed E-state index contributed by atoms with van der Waals surface area (Å²) in [7, 11) is 0. The molecule has 0 amide bonds. The molecule has 4 heteroatoms. The first-order valence-corrected chi connectivity index (χ1v) is 9.43. The van der Waals surface area contributed by atoms with E-state index in [0.29, 0.717) is 0 Å². The number of aromatic nitrogens is 4. The smallest absolute Gasteiger partial charge is 0.126 e. The van der Waals surface area contributed by atoms with Crippen LogP contribution in [0.25, 0.3) is 65.2 Å². The molecule has 0 aliphatic carbocycles. The Bertz CT molecular complexity index is 1490. The Kier molecular flexibility index (Phi) is 2.36. The van der Waals surface area contributed by atoms with Crippen LogP contribution in [0.4, 0.5) is 0 Å². The van der Waals surface area contributed by atoms with Crippen LogP contribution in [-0.4, -0.2) is 19.9 Å². The minimum absolute atomic E-state index is 0.806.